The van der Waals surface area contributed by atoms with E-state index < -0.39 is 0 Å². The fourth-order valence-corrected chi connectivity index (χ4v) is 1.40. The molecule has 0 atom stereocenters. The van der Waals surface area contributed by atoms with Gasteiger partial charge in [0.05, 0.1) is 0 Å². The molecule has 0 radical (unpaired) electrons. The maximum Gasteiger partial charge on any atom is 0.145 e. The van der Waals surface area contributed by atoms with Crippen LogP contribution < -0.4 is 5.32 Å². The van der Waals surface area contributed by atoms with Crippen LogP contribution in [0.2, 0.25) is 5.02 Å². The van der Waals surface area contributed by atoms with Gasteiger partial charge in [0.25, 0.3) is 0 Å². The highest BCUT2D eigenvalue weighted by Gasteiger charge is 2.00. The van der Waals surface area contributed by atoms with Crippen LogP contribution in [0.5, 0.6) is 0 Å². The van der Waals surface area contributed by atoms with Crippen LogP contribution in [0.25, 0.3) is 0 Å². The lowest BCUT2D eigenvalue weighted by Crippen LogP contribution is -1.94. The molecular formula is C12H10ClN3. The Hall–Kier alpha value is -1.97. The first-order valence-electron chi connectivity index (χ1n) is 4.76. The number of nitrogens with one attached hydrogen (secondary N) is 1. The van der Waals surface area contributed by atoms with Gasteiger partial charge in [0.2, 0.25) is 0 Å². The molecule has 0 spiro atoms. The van der Waals surface area contributed by atoms with Crippen molar-refractivity contribution < 1.29 is 0 Å². The molecule has 80 valence electrons. The second kappa shape index (κ2) is 5.80. The smallest absolute Gasteiger partial charge is 0.145 e. The van der Waals surface area contributed by atoms with Crippen LogP contribution in [0.3, 0.4) is 0 Å². The summed E-state index contributed by atoms with van der Waals surface area (Å²) in [7, 11) is 0. The van der Waals surface area contributed by atoms with Crippen molar-refractivity contribution in [3.05, 3.63) is 40.6 Å². The van der Waals surface area contributed by atoms with Crippen molar-refractivity contribution in [2.75, 3.05) is 5.32 Å². The highest BCUT2D eigenvalue weighted by molar-refractivity contribution is 6.30. The van der Waals surface area contributed by atoms with E-state index in [0.29, 0.717) is 5.02 Å². The molecule has 0 saturated carbocycles. The van der Waals surface area contributed by atoms with Gasteiger partial charge in [-0.05, 0) is 24.1 Å². The predicted octanol–water partition coefficient (Wildman–Crippen LogP) is 3.25. The average Bonchev–Trinajstić information content (AvgIpc) is 2.30. The van der Waals surface area contributed by atoms with Crippen LogP contribution >= 0.6 is 11.6 Å². The van der Waals surface area contributed by atoms with Crippen LogP contribution in [-0.2, 0) is 6.42 Å². The van der Waals surface area contributed by atoms with E-state index in [0.717, 1.165) is 17.7 Å². The number of hydrogen-bond donors (Lipinski definition) is 1. The van der Waals surface area contributed by atoms with Crippen LogP contribution in [-0.4, -0.2) is 0 Å². The van der Waals surface area contributed by atoms with Crippen molar-refractivity contribution in [1.82, 2.24) is 0 Å². The Balaban J connectivity index is 2.98. The van der Waals surface area contributed by atoms with Gasteiger partial charge in [0.1, 0.15) is 17.7 Å². The highest BCUT2D eigenvalue weighted by atomic mass is 35.5. The second-order valence-corrected chi connectivity index (χ2v) is 3.52. The molecule has 0 aliphatic heterocycles. The van der Waals surface area contributed by atoms with Crippen molar-refractivity contribution >= 4 is 17.3 Å². The van der Waals surface area contributed by atoms with Gasteiger partial charge in [-0.1, -0.05) is 24.6 Å². The van der Waals surface area contributed by atoms with Crippen molar-refractivity contribution in [2.24, 2.45) is 0 Å². The van der Waals surface area contributed by atoms with Gasteiger partial charge in [-0.25, -0.2) is 0 Å². The number of anilines is 1. The lowest BCUT2D eigenvalue weighted by atomic mass is 10.1. The van der Waals surface area contributed by atoms with Crippen molar-refractivity contribution in [1.29, 1.82) is 10.5 Å². The number of aryl methyl sites for hydroxylation is 1. The minimum atomic E-state index is 0.0297. The summed E-state index contributed by atoms with van der Waals surface area (Å²) < 4.78 is 0. The molecule has 0 aliphatic rings. The standard InChI is InChI=1S/C12H10ClN3/c1-2-10-3-4-11(13)5-12(10)16-8-9(6-14)7-15/h3-5,8,16H,2H2,1H3. The van der Waals surface area contributed by atoms with Crippen molar-refractivity contribution in [2.45, 2.75) is 13.3 Å². The molecule has 3 nitrogen and oxygen atoms in total. The third-order valence-electron chi connectivity index (χ3n) is 2.07. The molecule has 0 aliphatic carbocycles. The third kappa shape index (κ3) is 3.02. The summed E-state index contributed by atoms with van der Waals surface area (Å²) in [4.78, 5) is 0. The zero-order chi connectivity index (χ0) is 12.0. The molecule has 1 aromatic rings. The Morgan fingerprint density at radius 1 is 1.44 bits per heavy atom. The molecule has 1 aromatic carbocycles. The number of hydrogen-bond acceptors (Lipinski definition) is 3. The first kappa shape index (κ1) is 12.1. The molecule has 0 heterocycles. The molecule has 1 N–H and O–H groups in total. The summed E-state index contributed by atoms with van der Waals surface area (Å²) in [6, 6.07) is 9.05. The number of rotatable bonds is 3. The summed E-state index contributed by atoms with van der Waals surface area (Å²) in [5.74, 6) is 0. The second-order valence-electron chi connectivity index (χ2n) is 3.08. The van der Waals surface area contributed by atoms with E-state index >= 15 is 0 Å². The zero-order valence-corrected chi connectivity index (χ0v) is 9.54. The Bertz CT molecular complexity index is 476. The van der Waals surface area contributed by atoms with Crippen LogP contribution in [0, 0.1) is 22.7 Å². The van der Waals surface area contributed by atoms with E-state index in [2.05, 4.69) is 5.32 Å². The van der Waals surface area contributed by atoms with Crippen LogP contribution in [0.15, 0.2) is 30.0 Å². The maximum atomic E-state index is 8.58. The van der Waals surface area contributed by atoms with Gasteiger partial charge in [0, 0.05) is 16.9 Å². The van der Waals surface area contributed by atoms with Gasteiger partial charge < -0.3 is 5.32 Å². The third-order valence-corrected chi connectivity index (χ3v) is 2.30. The molecule has 0 bridgehead atoms. The van der Waals surface area contributed by atoms with E-state index in [-0.39, 0.29) is 5.57 Å². The summed E-state index contributed by atoms with van der Waals surface area (Å²) in [6.07, 6.45) is 2.23. The Morgan fingerprint density at radius 2 is 2.12 bits per heavy atom. The summed E-state index contributed by atoms with van der Waals surface area (Å²) in [5, 5.41) is 20.7. The summed E-state index contributed by atoms with van der Waals surface area (Å²) >= 11 is 5.87. The van der Waals surface area contributed by atoms with Crippen molar-refractivity contribution in [3.63, 3.8) is 0 Å². The van der Waals surface area contributed by atoms with E-state index in [1.165, 1.54) is 6.20 Å². The van der Waals surface area contributed by atoms with E-state index in [1.54, 1.807) is 18.2 Å². The van der Waals surface area contributed by atoms with E-state index in [4.69, 9.17) is 22.1 Å². The number of allylic oxidation sites excluding steroid dienone is 1. The van der Waals surface area contributed by atoms with Crippen LogP contribution in [0.1, 0.15) is 12.5 Å². The Kier molecular flexibility index (Phi) is 4.39. The van der Waals surface area contributed by atoms with E-state index in [1.807, 2.05) is 19.1 Å². The Morgan fingerprint density at radius 3 is 2.69 bits per heavy atom. The zero-order valence-electron chi connectivity index (χ0n) is 8.79. The monoisotopic (exact) mass is 231 g/mol. The maximum absolute atomic E-state index is 8.58. The topological polar surface area (TPSA) is 59.6 Å². The van der Waals surface area contributed by atoms with Gasteiger partial charge in [-0.2, -0.15) is 10.5 Å². The van der Waals surface area contributed by atoms with E-state index in [9.17, 15) is 0 Å². The number of nitrogens with zero attached hydrogens (tertiary/aromatic N) is 2. The molecule has 4 heteroatoms. The molecule has 0 unspecified atom stereocenters. The lowest BCUT2D eigenvalue weighted by molar-refractivity contribution is 1.14. The molecule has 1 rings (SSSR count). The normalized spacial score (nSPS) is 8.75. The Labute approximate surface area is 99.6 Å². The van der Waals surface area contributed by atoms with Crippen LogP contribution in [0.4, 0.5) is 5.69 Å². The first-order valence-corrected chi connectivity index (χ1v) is 5.14. The minimum Gasteiger partial charge on any atom is -0.360 e. The SMILES string of the molecule is CCc1ccc(Cl)cc1NC=C(C#N)C#N. The number of nitriles is 2. The fourth-order valence-electron chi connectivity index (χ4n) is 1.23. The van der Waals surface area contributed by atoms with Gasteiger partial charge >= 0.3 is 0 Å². The van der Waals surface area contributed by atoms with Gasteiger partial charge in [0.15, 0.2) is 0 Å². The summed E-state index contributed by atoms with van der Waals surface area (Å²) in [6.45, 7) is 2.02. The fraction of sp³-hybridized carbons (Fsp3) is 0.167. The lowest BCUT2D eigenvalue weighted by Gasteiger charge is -2.07. The summed E-state index contributed by atoms with van der Waals surface area (Å²) in [5.41, 5.74) is 1.93. The quantitative estimate of drug-likeness (QED) is 0.813. The first-order chi connectivity index (χ1) is 7.71. The molecule has 0 aromatic heterocycles. The highest BCUT2D eigenvalue weighted by Crippen LogP contribution is 2.21. The van der Waals surface area contributed by atoms with Gasteiger partial charge in [-0.15, -0.1) is 0 Å². The molecule has 0 fully saturated rings. The van der Waals surface area contributed by atoms with Gasteiger partial charge in [-0.3, -0.25) is 0 Å². The molecule has 0 saturated heterocycles. The number of benzene rings is 1. The minimum absolute atomic E-state index is 0.0297. The largest absolute Gasteiger partial charge is 0.360 e. The predicted molar refractivity (Wildman–Crippen MR) is 63.8 cm³/mol. The average molecular weight is 232 g/mol. The molecule has 0 amide bonds. The number of halogens is 1. The molecular weight excluding hydrogens is 222 g/mol. The molecule has 16 heavy (non-hydrogen) atoms. The van der Waals surface area contributed by atoms with Crippen molar-refractivity contribution in [3.8, 4) is 12.1 Å².